The van der Waals surface area contributed by atoms with Gasteiger partial charge in [-0.25, -0.2) is 24.1 Å². The van der Waals surface area contributed by atoms with Crippen LogP contribution in [0.5, 0.6) is 0 Å². The fourth-order valence-corrected chi connectivity index (χ4v) is 5.34. The van der Waals surface area contributed by atoms with Gasteiger partial charge in [0.2, 0.25) is 0 Å². The van der Waals surface area contributed by atoms with Crippen molar-refractivity contribution in [2.24, 2.45) is 10.9 Å². The van der Waals surface area contributed by atoms with E-state index in [2.05, 4.69) is 33.3 Å². The van der Waals surface area contributed by atoms with Crippen molar-refractivity contribution in [3.8, 4) is 0 Å². The van der Waals surface area contributed by atoms with Crippen LogP contribution < -0.4 is 5.32 Å². The summed E-state index contributed by atoms with van der Waals surface area (Å²) in [5, 5.41) is 3.94. The normalized spacial score (nSPS) is 13.6. The van der Waals surface area contributed by atoms with Crippen molar-refractivity contribution < 1.29 is 13.9 Å². The number of para-hydroxylation sites is 1. The van der Waals surface area contributed by atoms with Gasteiger partial charge in [0, 0.05) is 43.8 Å². The number of rotatable bonds is 9. The van der Waals surface area contributed by atoms with Crippen LogP contribution in [-0.4, -0.2) is 55.3 Å². The average Bonchev–Trinajstić information content (AvgIpc) is 3.54. The van der Waals surface area contributed by atoms with Gasteiger partial charge in [0.25, 0.3) is 0 Å². The monoisotopic (exact) mass is 561 g/mol. The van der Waals surface area contributed by atoms with E-state index < -0.39 is 5.60 Å². The summed E-state index contributed by atoms with van der Waals surface area (Å²) in [7, 11) is 0. The molecule has 1 amide bonds. The van der Waals surface area contributed by atoms with Gasteiger partial charge in [-0.2, -0.15) is 0 Å². The number of hydrogen-bond donors (Lipinski definition) is 1. The first-order chi connectivity index (χ1) is 19.2. The molecule has 208 valence electrons. The van der Waals surface area contributed by atoms with Crippen LogP contribution in [0.1, 0.15) is 44.0 Å². The molecule has 1 aliphatic heterocycles. The minimum Gasteiger partial charge on any atom is -0.444 e. The molecule has 0 spiro atoms. The van der Waals surface area contributed by atoms with Crippen molar-refractivity contribution in [1.82, 2.24) is 24.8 Å². The fourth-order valence-electron chi connectivity index (χ4n) is 4.44. The number of ether oxygens (including phenoxy) is 1. The molecule has 0 saturated carbocycles. The first-order valence-electron chi connectivity index (χ1n) is 13.2. The Morgan fingerprint density at radius 2 is 2.00 bits per heavy atom. The molecule has 0 aliphatic carbocycles. The average molecular weight is 562 g/mol. The van der Waals surface area contributed by atoms with Gasteiger partial charge in [0.1, 0.15) is 28.1 Å². The molecule has 0 bridgehead atoms. The quantitative estimate of drug-likeness (QED) is 0.268. The molecule has 1 aliphatic rings. The number of aliphatic imine (C=N–C) groups is 1. The van der Waals surface area contributed by atoms with Crippen LogP contribution in [0.4, 0.5) is 20.7 Å². The Balaban J connectivity index is 1.29. The van der Waals surface area contributed by atoms with Gasteiger partial charge in [0.15, 0.2) is 5.82 Å². The van der Waals surface area contributed by atoms with Crippen LogP contribution in [0.3, 0.4) is 0 Å². The zero-order valence-electron chi connectivity index (χ0n) is 23.0. The molecule has 0 saturated heterocycles. The maximum Gasteiger partial charge on any atom is 0.410 e. The first kappa shape index (κ1) is 27.6. The van der Waals surface area contributed by atoms with E-state index in [1.165, 1.54) is 29.3 Å². The second-order valence-electron chi connectivity index (χ2n) is 10.8. The highest BCUT2D eigenvalue weighted by atomic mass is 32.1. The Hall–Kier alpha value is -3.99. The standard InChI is InChI=1S/C29H32FN7O2S/c1-18(22-14-19-8-5-6-10-21(19)35-22)16-37(28(38)39-29(2,3)4)13-11-24-36-25-26(33-17-34-27(25)40-24)32-15-23-20(30)9-7-12-31-23/h5-10,12,17-18H,11,13-16H2,1-4H3,(H,32,33,34)/t18-/m0/s1. The van der Waals surface area contributed by atoms with E-state index in [0.717, 1.165) is 22.8 Å². The Morgan fingerprint density at radius 3 is 2.77 bits per heavy atom. The van der Waals surface area contributed by atoms with Crippen LogP contribution in [0, 0.1) is 11.7 Å². The number of carbonyl (C=O) groups excluding carboxylic acids is 1. The maximum atomic E-state index is 14.0. The Labute approximate surface area is 236 Å². The lowest BCUT2D eigenvalue weighted by Gasteiger charge is -2.29. The molecule has 40 heavy (non-hydrogen) atoms. The number of halogens is 1. The van der Waals surface area contributed by atoms with Crippen molar-refractivity contribution in [3.63, 3.8) is 0 Å². The number of pyridine rings is 1. The van der Waals surface area contributed by atoms with Crippen LogP contribution in [0.2, 0.25) is 0 Å². The minimum atomic E-state index is -0.612. The number of fused-ring (bicyclic) bond motifs is 2. The highest BCUT2D eigenvalue weighted by molar-refractivity contribution is 7.18. The van der Waals surface area contributed by atoms with E-state index in [-0.39, 0.29) is 24.4 Å². The first-order valence-corrected chi connectivity index (χ1v) is 14.0. The van der Waals surface area contributed by atoms with Gasteiger partial charge in [-0.05, 0) is 44.5 Å². The highest BCUT2D eigenvalue weighted by Crippen LogP contribution is 2.29. The van der Waals surface area contributed by atoms with Crippen LogP contribution in [0.25, 0.3) is 10.3 Å². The second kappa shape index (κ2) is 11.6. The summed E-state index contributed by atoms with van der Waals surface area (Å²) < 4.78 is 19.8. The summed E-state index contributed by atoms with van der Waals surface area (Å²) in [4.78, 5) is 38.0. The molecule has 4 heterocycles. The second-order valence-corrected chi connectivity index (χ2v) is 11.8. The fraction of sp³-hybridized carbons (Fsp3) is 0.379. The van der Waals surface area contributed by atoms with Crippen molar-refractivity contribution in [2.75, 3.05) is 18.4 Å². The number of thiazole rings is 1. The minimum absolute atomic E-state index is 0.0592. The lowest BCUT2D eigenvalue weighted by atomic mass is 10.00. The molecule has 11 heteroatoms. The number of nitrogens with zero attached hydrogens (tertiary/aromatic N) is 6. The molecular weight excluding hydrogens is 529 g/mol. The largest absolute Gasteiger partial charge is 0.444 e. The van der Waals surface area contributed by atoms with Gasteiger partial charge in [-0.15, -0.1) is 0 Å². The summed E-state index contributed by atoms with van der Waals surface area (Å²) >= 11 is 1.44. The Bertz CT molecular complexity index is 1550. The third kappa shape index (κ3) is 6.59. The smallest absolute Gasteiger partial charge is 0.410 e. The number of anilines is 1. The van der Waals surface area contributed by atoms with Gasteiger partial charge >= 0.3 is 6.09 Å². The van der Waals surface area contributed by atoms with Crippen LogP contribution >= 0.6 is 11.3 Å². The van der Waals surface area contributed by atoms with Crippen molar-refractivity contribution in [3.05, 3.63) is 71.0 Å². The molecule has 4 aromatic rings. The zero-order chi connectivity index (χ0) is 28.3. The summed E-state index contributed by atoms with van der Waals surface area (Å²) in [5.74, 6) is 0.182. The predicted molar refractivity (Wildman–Crippen MR) is 155 cm³/mol. The van der Waals surface area contributed by atoms with Crippen molar-refractivity contribution >= 4 is 45.0 Å². The van der Waals surface area contributed by atoms with Crippen molar-refractivity contribution in [2.45, 2.75) is 52.7 Å². The molecule has 1 atom stereocenters. The summed E-state index contributed by atoms with van der Waals surface area (Å²) in [5.41, 5.74) is 3.55. The maximum absolute atomic E-state index is 14.0. The number of benzene rings is 1. The number of aromatic nitrogens is 4. The predicted octanol–water partition coefficient (Wildman–Crippen LogP) is 5.98. The number of carbonyl (C=O) groups is 1. The molecular formula is C29H32FN7O2S. The Morgan fingerprint density at radius 1 is 1.18 bits per heavy atom. The Kier molecular flexibility index (Phi) is 8.02. The van der Waals surface area contributed by atoms with E-state index >= 15 is 0 Å². The third-order valence-electron chi connectivity index (χ3n) is 6.44. The van der Waals surface area contributed by atoms with E-state index in [0.29, 0.717) is 41.4 Å². The molecule has 1 aromatic carbocycles. The molecule has 1 N–H and O–H groups in total. The lowest BCUT2D eigenvalue weighted by Crippen LogP contribution is -2.41. The zero-order valence-corrected chi connectivity index (χ0v) is 23.8. The molecule has 0 radical (unpaired) electrons. The topological polar surface area (TPSA) is 105 Å². The summed E-state index contributed by atoms with van der Waals surface area (Å²) in [6, 6.07) is 11.0. The third-order valence-corrected chi connectivity index (χ3v) is 7.46. The molecule has 0 unspecified atom stereocenters. The summed E-state index contributed by atoms with van der Waals surface area (Å²) in [6.45, 7) is 8.76. The molecule has 0 fully saturated rings. The van der Waals surface area contributed by atoms with E-state index in [4.69, 9.17) is 14.7 Å². The van der Waals surface area contributed by atoms with Gasteiger partial charge < -0.3 is 15.0 Å². The van der Waals surface area contributed by atoms with Crippen LogP contribution in [0.15, 0.2) is 53.9 Å². The summed E-state index contributed by atoms with van der Waals surface area (Å²) in [6.07, 6.45) is 3.95. The number of hydrogen-bond acceptors (Lipinski definition) is 9. The van der Waals surface area contributed by atoms with Gasteiger partial charge in [-0.1, -0.05) is 36.5 Å². The van der Waals surface area contributed by atoms with E-state index in [1.807, 2.05) is 39.0 Å². The van der Waals surface area contributed by atoms with Crippen LogP contribution in [-0.2, 0) is 24.1 Å². The lowest BCUT2D eigenvalue weighted by molar-refractivity contribution is 0.0240. The van der Waals surface area contributed by atoms with Gasteiger partial charge in [-0.3, -0.25) is 9.98 Å². The van der Waals surface area contributed by atoms with Crippen molar-refractivity contribution in [1.29, 1.82) is 0 Å². The van der Waals surface area contributed by atoms with Gasteiger partial charge in [0.05, 0.1) is 22.9 Å². The SMILES string of the molecule is C[C@@H](CN(CCc1nc2c(NCc3ncccc3F)ncnc2s1)C(=O)OC(C)(C)C)C1=Nc2ccccc2C1. The van der Waals surface area contributed by atoms with E-state index in [1.54, 1.807) is 17.2 Å². The number of nitrogens with one attached hydrogen (secondary N) is 1. The van der Waals surface area contributed by atoms with E-state index in [9.17, 15) is 9.18 Å². The molecule has 3 aromatic heterocycles. The number of amides is 1. The highest BCUT2D eigenvalue weighted by Gasteiger charge is 2.27. The molecule has 9 nitrogen and oxygen atoms in total. The molecule has 5 rings (SSSR count).